The lowest BCUT2D eigenvalue weighted by Gasteiger charge is -2.16. The van der Waals surface area contributed by atoms with Crippen molar-refractivity contribution in [3.63, 3.8) is 0 Å². The molecule has 0 saturated heterocycles. The molecule has 19 heavy (non-hydrogen) atoms. The highest BCUT2D eigenvalue weighted by molar-refractivity contribution is 7.10. The van der Waals surface area contributed by atoms with E-state index in [0.717, 1.165) is 5.76 Å². The monoisotopic (exact) mass is 281 g/mol. The summed E-state index contributed by atoms with van der Waals surface area (Å²) in [5.41, 5.74) is 0. The second-order valence-electron chi connectivity index (χ2n) is 4.39. The summed E-state index contributed by atoms with van der Waals surface area (Å²) in [6, 6.07) is 8.03. The third-order valence-electron chi connectivity index (χ3n) is 2.76. The van der Waals surface area contributed by atoms with Gasteiger partial charge in [0.05, 0.1) is 19.0 Å². The zero-order chi connectivity index (χ0) is 13.5. The molecule has 0 fully saturated rings. The average Bonchev–Trinajstić information content (AvgIpc) is 3.08. The number of ether oxygens (including phenoxy) is 1. The quantitative estimate of drug-likeness (QED) is 0.781. The molecule has 0 aromatic carbocycles. The first-order valence-corrected chi connectivity index (χ1v) is 7.18. The Balaban J connectivity index is 1.60. The molecule has 5 heteroatoms. The van der Waals surface area contributed by atoms with Gasteiger partial charge in [0.25, 0.3) is 0 Å². The van der Waals surface area contributed by atoms with E-state index >= 15 is 0 Å². The first-order chi connectivity index (χ1) is 9.25. The van der Waals surface area contributed by atoms with Crippen LogP contribution in [0.25, 0.3) is 0 Å². The normalized spacial score (nSPS) is 14.4. The number of furan rings is 1. The van der Waals surface area contributed by atoms with Gasteiger partial charge in [0.15, 0.2) is 0 Å². The van der Waals surface area contributed by atoms with Gasteiger partial charge in [-0.05, 0) is 30.5 Å². The number of hydrogen-bond acceptors (Lipinski definition) is 5. The second-order valence-corrected chi connectivity index (χ2v) is 5.37. The molecule has 2 atom stereocenters. The van der Waals surface area contributed by atoms with Crippen LogP contribution in [-0.2, 0) is 11.3 Å². The van der Waals surface area contributed by atoms with Crippen LogP contribution < -0.4 is 5.32 Å². The summed E-state index contributed by atoms with van der Waals surface area (Å²) in [6.45, 7) is 3.29. The highest BCUT2D eigenvalue weighted by Crippen LogP contribution is 2.17. The van der Waals surface area contributed by atoms with Crippen molar-refractivity contribution in [2.24, 2.45) is 0 Å². The minimum atomic E-state index is -0.516. The van der Waals surface area contributed by atoms with Crippen LogP contribution in [0.4, 0.5) is 0 Å². The first kappa shape index (κ1) is 14.3. The minimum Gasteiger partial charge on any atom is -0.467 e. The molecular weight excluding hydrogens is 262 g/mol. The van der Waals surface area contributed by atoms with Gasteiger partial charge in [-0.2, -0.15) is 0 Å². The first-order valence-electron chi connectivity index (χ1n) is 6.30. The molecule has 2 N–H and O–H groups in total. The lowest BCUT2D eigenvalue weighted by molar-refractivity contribution is 0.0217. The van der Waals surface area contributed by atoms with E-state index in [1.165, 1.54) is 4.88 Å². The Hall–Kier alpha value is -1.14. The summed E-state index contributed by atoms with van der Waals surface area (Å²) in [4.78, 5) is 1.27. The number of aliphatic hydroxyl groups excluding tert-OH is 1. The van der Waals surface area contributed by atoms with Gasteiger partial charge in [-0.25, -0.2) is 0 Å². The molecule has 0 aliphatic heterocycles. The van der Waals surface area contributed by atoms with Crippen molar-refractivity contribution in [1.29, 1.82) is 0 Å². The summed E-state index contributed by atoms with van der Waals surface area (Å²) in [5.74, 6) is 0.770. The maximum atomic E-state index is 9.81. The predicted octanol–water partition coefficient (Wildman–Crippen LogP) is 2.57. The largest absolute Gasteiger partial charge is 0.467 e. The molecule has 0 amide bonds. The molecule has 2 rings (SSSR count). The number of rotatable bonds is 8. The van der Waals surface area contributed by atoms with Crippen LogP contribution in [0.3, 0.4) is 0 Å². The number of nitrogens with one attached hydrogen (secondary N) is 1. The van der Waals surface area contributed by atoms with E-state index in [2.05, 4.69) is 23.7 Å². The summed E-state index contributed by atoms with van der Waals surface area (Å²) in [5, 5.41) is 15.1. The molecule has 2 aromatic heterocycles. The van der Waals surface area contributed by atoms with Crippen LogP contribution in [0.15, 0.2) is 40.3 Å². The Morgan fingerprint density at radius 2 is 2.32 bits per heavy atom. The SMILES string of the molecule is C[C@@H](NCC(O)COCc1ccco1)c1cccs1. The van der Waals surface area contributed by atoms with Crippen molar-refractivity contribution < 1.29 is 14.3 Å². The standard InChI is InChI=1S/C14H19NO3S/c1-11(14-5-3-7-19-14)15-8-12(16)9-17-10-13-4-2-6-18-13/h2-7,11-12,15-16H,8-10H2,1H3/t11-,12?/m1/s1. The highest BCUT2D eigenvalue weighted by atomic mass is 32.1. The summed E-state index contributed by atoms with van der Waals surface area (Å²) in [7, 11) is 0. The third-order valence-corrected chi connectivity index (χ3v) is 3.82. The second kappa shape index (κ2) is 7.45. The highest BCUT2D eigenvalue weighted by Gasteiger charge is 2.09. The Morgan fingerprint density at radius 1 is 1.42 bits per heavy atom. The lowest BCUT2D eigenvalue weighted by atomic mass is 10.2. The number of hydrogen-bond donors (Lipinski definition) is 2. The molecule has 0 saturated carbocycles. The Bertz CT molecular complexity index is 441. The van der Waals surface area contributed by atoms with Gasteiger partial charge >= 0.3 is 0 Å². The van der Waals surface area contributed by atoms with Gasteiger partial charge in [0.2, 0.25) is 0 Å². The topological polar surface area (TPSA) is 54.6 Å². The van der Waals surface area contributed by atoms with Gasteiger partial charge in [-0.1, -0.05) is 6.07 Å². The van der Waals surface area contributed by atoms with E-state index in [0.29, 0.717) is 19.8 Å². The zero-order valence-corrected chi connectivity index (χ0v) is 11.7. The van der Waals surface area contributed by atoms with Crippen LogP contribution in [0.5, 0.6) is 0 Å². The molecule has 0 aliphatic carbocycles. The van der Waals surface area contributed by atoms with E-state index in [1.54, 1.807) is 17.6 Å². The van der Waals surface area contributed by atoms with Gasteiger partial charge < -0.3 is 19.6 Å². The van der Waals surface area contributed by atoms with Crippen LogP contribution >= 0.6 is 11.3 Å². The minimum absolute atomic E-state index is 0.250. The fourth-order valence-corrected chi connectivity index (χ4v) is 2.46. The van der Waals surface area contributed by atoms with Crippen LogP contribution in [0.2, 0.25) is 0 Å². The van der Waals surface area contributed by atoms with Crippen LogP contribution in [-0.4, -0.2) is 24.4 Å². The summed E-state index contributed by atoms with van der Waals surface area (Å²) >= 11 is 1.71. The Labute approximate surface area is 117 Å². The summed E-state index contributed by atoms with van der Waals surface area (Å²) < 4.78 is 10.5. The van der Waals surface area contributed by atoms with Gasteiger partial charge in [0.1, 0.15) is 12.4 Å². The molecule has 2 heterocycles. The fourth-order valence-electron chi connectivity index (χ4n) is 1.70. The van der Waals surface area contributed by atoms with Gasteiger partial charge in [-0.3, -0.25) is 0 Å². The number of aliphatic hydroxyl groups is 1. The predicted molar refractivity (Wildman–Crippen MR) is 75.1 cm³/mol. The molecule has 0 radical (unpaired) electrons. The maximum Gasteiger partial charge on any atom is 0.129 e. The average molecular weight is 281 g/mol. The molecule has 0 spiro atoms. The molecule has 4 nitrogen and oxygen atoms in total. The van der Waals surface area contributed by atoms with E-state index in [-0.39, 0.29) is 6.04 Å². The summed E-state index contributed by atoms with van der Waals surface area (Å²) in [6.07, 6.45) is 1.09. The maximum absolute atomic E-state index is 9.81. The van der Waals surface area contributed by atoms with E-state index in [9.17, 15) is 5.11 Å². The Kier molecular flexibility index (Phi) is 5.60. The van der Waals surface area contributed by atoms with Crippen molar-refractivity contribution in [1.82, 2.24) is 5.32 Å². The van der Waals surface area contributed by atoms with E-state index in [1.807, 2.05) is 18.2 Å². The van der Waals surface area contributed by atoms with Gasteiger partial charge in [-0.15, -0.1) is 11.3 Å². The molecule has 1 unspecified atom stereocenters. The zero-order valence-electron chi connectivity index (χ0n) is 10.9. The van der Waals surface area contributed by atoms with Crippen LogP contribution in [0.1, 0.15) is 23.6 Å². The van der Waals surface area contributed by atoms with E-state index in [4.69, 9.17) is 9.15 Å². The molecule has 104 valence electrons. The van der Waals surface area contributed by atoms with Crippen molar-refractivity contribution >= 4 is 11.3 Å². The lowest BCUT2D eigenvalue weighted by Crippen LogP contribution is -2.31. The van der Waals surface area contributed by atoms with Crippen LogP contribution in [0, 0.1) is 0 Å². The molecule has 0 aliphatic rings. The fraction of sp³-hybridized carbons (Fsp3) is 0.429. The van der Waals surface area contributed by atoms with Crippen molar-refractivity contribution in [3.05, 3.63) is 46.5 Å². The van der Waals surface area contributed by atoms with Crippen molar-refractivity contribution in [2.45, 2.75) is 25.7 Å². The third kappa shape index (κ3) is 4.80. The molecule has 0 bridgehead atoms. The van der Waals surface area contributed by atoms with E-state index < -0.39 is 6.10 Å². The van der Waals surface area contributed by atoms with Crippen molar-refractivity contribution in [3.8, 4) is 0 Å². The van der Waals surface area contributed by atoms with Crippen molar-refractivity contribution in [2.75, 3.05) is 13.2 Å². The molecular formula is C14H19NO3S. The number of thiophene rings is 1. The van der Waals surface area contributed by atoms with Gasteiger partial charge in [0, 0.05) is 17.5 Å². The Morgan fingerprint density at radius 3 is 3.00 bits per heavy atom. The smallest absolute Gasteiger partial charge is 0.129 e. The molecule has 2 aromatic rings.